The smallest absolute Gasteiger partial charge is 0.335 e. The molecule has 1 amide bonds. The van der Waals surface area contributed by atoms with Crippen LogP contribution in [0.3, 0.4) is 0 Å². The number of likely N-dealkylation sites (tertiary alicyclic amines) is 1. The SMILES string of the molecule is O=C(O)c1cccc(CC(=O)N2CCCCC2c2cc3ccccc3[nH]2)c1. The van der Waals surface area contributed by atoms with Crippen molar-refractivity contribution in [2.45, 2.75) is 31.7 Å². The van der Waals surface area contributed by atoms with E-state index in [0.29, 0.717) is 0 Å². The summed E-state index contributed by atoms with van der Waals surface area (Å²) in [7, 11) is 0. The summed E-state index contributed by atoms with van der Waals surface area (Å²) < 4.78 is 0. The number of H-pyrrole nitrogens is 1. The molecule has 138 valence electrons. The van der Waals surface area contributed by atoms with Crippen molar-refractivity contribution in [3.05, 3.63) is 71.4 Å². The number of aromatic carboxylic acids is 1. The molecule has 0 aliphatic carbocycles. The third kappa shape index (κ3) is 3.58. The summed E-state index contributed by atoms with van der Waals surface area (Å²) in [6, 6.07) is 16.9. The number of aromatic amines is 1. The molecule has 5 nitrogen and oxygen atoms in total. The van der Waals surface area contributed by atoms with Gasteiger partial charge < -0.3 is 15.0 Å². The van der Waals surface area contributed by atoms with Crippen LogP contribution >= 0.6 is 0 Å². The molecule has 0 bridgehead atoms. The molecule has 0 spiro atoms. The van der Waals surface area contributed by atoms with E-state index in [-0.39, 0.29) is 23.9 Å². The fraction of sp³-hybridized carbons (Fsp3) is 0.273. The van der Waals surface area contributed by atoms with Gasteiger partial charge in [-0.3, -0.25) is 4.79 Å². The van der Waals surface area contributed by atoms with E-state index >= 15 is 0 Å². The first-order valence-electron chi connectivity index (χ1n) is 9.31. The molecule has 2 aromatic carbocycles. The van der Waals surface area contributed by atoms with Crippen LogP contribution in [0.4, 0.5) is 0 Å². The normalized spacial score (nSPS) is 17.2. The summed E-state index contributed by atoms with van der Waals surface area (Å²) in [5, 5.41) is 10.3. The van der Waals surface area contributed by atoms with E-state index in [2.05, 4.69) is 17.1 Å². The zero-order valence-electron chi connectivity index (χ0n) is 15.0. The molecular weight excluding hydrogens is 340 g/mol. The lowest BCUT2D eigenvalue weighted by Crippen LogP contribution is -2.39. The van der Waals surface area contributed by atoms with Gasteiger partial charge in [0.25, 0.3) is 0 Å². The topological polar surface area (TPSA) is 73.4 Å². The molecule has 2 N–H and O–H groups in total. The monoisotopic (exact) mass is 362 g/mol. The lowest BCUT2D eigenvalue weighted by atomic mass is 9.98. The number of hydrogen-bond acceptors (Lipinski definition) is 2. The molecule has 4 rings (SSSR count). The molecule has 27 heavy (non-hydrogen) atoms. The highest BCUT2D eigenvalue weighted by atomic mass is 16.4. The Kier molecular flexibility index (Phi) is 4.67. The van der Waals surface area contributed by atoms with Gasteiger partial charge in [0.05, 0.1) is 18.0 Å². The van der Waals surface area contributed by atoms with Crippen LogP contribution in [0.5, 0.6) is 0 Å². The average molecular weight is 362 g/mol. The standard InChI is InChI=1S/C22H22N2O3/c25-21(13-15-6-5-8-17(12-15)22(26)27)24-11-4-3-10-20(24)19-14-16-7-1-2-9-18(16)23-19/h1-2,5-9,12,14,20,23H,3-4,10-11,13H2,(H,26,27). The summed E-state index contributed by atoms with van der Waals surface area (Å²) in [6.07, 6.45) is 3.25. The second-order valence-corrected chi connectivity index (χ2v) is 7.09. The molecule has 0 radical (unpaired) electrons. The molecule has 1 aliphatic rings. The van der Waals surface area contributed by atoms with Gasteiger partial charge in [0, 0.05) is 17.8 Å². The second-order valence-electron chi connectivity index (χ2n) is 7.09. The van der Waals surface area contributed by atoms with Crippen molar-refractivity contribution in [2.24, 2.45) is 0 Å². The maximum Gasteiger partial charge on any atom is 0.335 e. The molecule has 1 saturated heterocycles. The van der Waals surface area contributed by atoms with Crippen LogP contribution in [-0.4, -0.2) is 33.4 Å². The number of nitrogens with one attached hydrogen (secondary N) is 1. The molecule has 0 saturated carbocycles. The van der Waals surface area contributed by atoms with E-state index in [4.69, 9.17) is 5.11 Å². The first-order chi connectivity index (χ1) is 13.1. The van der Waals surface area contributed by atoms with Crippen LogP contribution in [0, 0.1) is 0 Å². The number of fused-ring (bicyclic) bond motifs is 1. The quantitative estimate of drug-likeness (QED) is 0.732. The lowest BCUT2D eigenvalue weighted by molar-refractivity contribution is -0.134. The van der Waals surface area contributed by atoms with E-state index in [1.54, 1.807) is 18.2 Å². The van der Waals surface area contributed by atoms with Gasteiger partial charge in [-0.2, -0.15) is 0 Å². The Morgan fingerprint density at radius 3 is 2.74 bits per heavy atom. The van der Waals surface area contributed by atoms with E-state index in [0.717, 1.165) is 48.0 Å². The summed E-state index contributed by atoms with van der Waals surface area (Å²) >= 11 is 0. The van der Waals surface area contributed by atoms with Crippen LogP contribution in [0.15, 0.2) is 54.6 Å². The number of piperidine rings is 1. The minimum atomic E-state index is -0.974. The van der Waals surface area contributed by atoms with Crippen LogP contribution < -0.4 is 0 Å². The zero-order valence-corrected chi connectivity index (χ0v) is 15.0. The maximum absolute atomic E-state index is 13.0. The number of amides is 1. The van der Waals surface area contributed by atoms with Gasteiger partial charge in [0.2, 0.25) is 5.91 Å². The van der Waals surface area contributed by atoms with Gasteiger partial charge in [-0.1, -0.05) is 30.3 Å². The van der Waals surface area contributed by atoms with Crippen LogP contribution in [0.1, 0.15) is 46.9 Å². The Hall–Kier alpha value is -3.08. The third-order valence-corrected chi connectivity index (χ3v) is 5.26. The third-order valence-electron chi connectivity index (χ3n) is 5.26. The number of aromatic nitrogens is 1. The van der Waals surface area contributed by atoms with Crippen LogP contribution in [-0.2, 0) is 11.2 Å². The minimum Gasteiger partial charge on any atom is -0.478 e. The lowest BCUT2D eigenvalue weighted by Gasteiger charge is -2.35. The van der Waals surface area contributed by atoms with Crippen LogP contribution in [0.2, 0.25) is 0 Å². The molecule has 5 heteroatoms. The van der Waals surface area contributed by atoms with E-state index < -0.39 is 5.97 Å². The first-order valence-corrected chi connectivity index (χ1v) is 9.31. The molecule has 1 atom stereocenters. The van der Waals surface area contributed by atoms with Crippen molar-refractivity contribution in [3.8, 4) is 0 Å². The fourth-order valence-corrected chi connectivity index (χ4v) is 3.92. The average Bonchev–Trinajstić information content (AvgIpc) is 3.12. The Morgan fingerprint density at radius 1 is 1.07 bits per heavy atom. The number of hydrogen-bond donors (Lipinski definition) is 2. The molecular formula is C22H22N2O3. The number of carbonyl (C=O) groups excluding carboxylic acids is 1. The van der Waals surface area contributed by atoms with Crippen molar-refractivity contribution >= 4 is 22.8 Å². The number of para-hydroxylation sites is 1. The molecule has 1 aliphatic heterocycles. The highest BCUT2D eigenvalue weighted by molar-refractivity contribution is 5.88. The number of nitrogens with zero attached hydrogens (tertiary/aromatic N) is 1. The Morgan fingerprint density at radius 2 is 1.93 bits per heavy atom. The number of carboxylic acids is 1. The Balaban J connectivity index is 1.57. The number of carboxylic acid groups (broad SMARTS) is 1. The highest BCUT2D eigenvalue weighted by Gasteiger charge is 2.29. The first kappa shape index (κ1) is 17.3. The largest absolute Gasteiger partial charge is 0.478 e. The highest BCUT2D eigenvalue weighted by Crippen LogP contribution is 2.32. The van der Waals surface area contributed by atoms with Gasteiger partial charge in [-0.25, -0.2) is 4.79 Å². The number of rotatable bonds is 4. The summed E-state index contributed by atoms with van der Waals surface area (Å²) in [5.41, 5.74) is 3.11. The summed E-state index contributed by atoms with van der Waals surface area (Å²) in [6.45, 7) is 0.734. The van der Waals surface area contributed by atoms with Crippen molar-refractivity contribution in [3.63, 3.8) is 0 Å². The van der Waals surface area contributed by atoms with E-state index in [1.807, 2.05) is 29.2 Å². The number of benzene rings is 2. The van der Waals surface area contributed by atoms with Crippen molar-refractivity contribution < 1.29 is 14.7 Å². The van der Waals surface area contributed by atoms with Gasteiger partial charge in [0.15, 0.2) is 0 Å². The van der Waals surface area contributed by atoms with Crippen molar-refractivity contribution in [1.82, 2.24) is 9.88 Å². The molecule has 1 aromatic heterocycles. The molecule has 2 heterocycles. The fourth-order valence-electron chi connectivity index (χ4n) is 3.92. The van der Waals surface area contributed by atoms with E-state index in [1.165, 1.54) is 0 Å². The van der Waals surface area contributed by atoms with Crippen molar-refractivity contribution in [1.29, 1.82) is 0 Å². The second kappa shape index (κ2) is 7.27. The molecule has 3 aromatic rings. The van der Waals surface area contributed by atoms with Crippen LogP contribution in [0.25, 0.3) is 10.9 Å². The predicted octanol–water partition coefficient (Wildman–Crippen LogP) is 4.16. The predicted molar refractivity (Wildman–Crippen MR) is 104 cm³/mol. The Bertz CT molecular complexity index is 959. The maximum atomic E-state index is 13.0. The van der Waals surface area contributed by atoms with Gasteiger partial charge in [0.1, 0.15) is 0 Å². The molecule has 1 fully saturated rings. The zero-order chi connectivity index (χ0) is 18.8. The van der Waals surface area contributed by atoms with E-state index in [9.17, 15) is 9.59 Å². The summed E-state index contributed by atoms with van der Waals surface area (Å²) in [4.78, 5) is 29.6. The summed E-state index contributed by atoms with van der Waals surface area (Å²) in [5.74, 6) is -0.931. The van der Waals surface area contributed by atoms with Crippen molar-refractivity contribution in [2.75, 3.05) is 6.54 Å². The van der Waals surface area contributed by atoms with Gasteiger partial charge in [-0.05, 0) is 54.5 Å². The van der Waals surface area contributed by atoms with Gasteiger partial charge in [-0.15, -0.1) is 0 Å². The minimum absolute atomic E-state index is 0.0425. The molecule has 1 unspecified atom stereocenters. The Labute approximate surface area is 157 Å². The van der Waals surface area contributed by atoms with Gasteiger partial charge >= 0.3 is 5.97 Å². The number of carbonyl (C=O) groups is 2.